The van der Waals surface area contributed by atoms with Gasteiger partial charge in [-0.3, -0.25) is 4.79 Å². The van der Waals surface area contributed by atoms with Gasteiger partial charge in [0.2, 0.25) is 10.0 Å². The van der Waals surface area contributed by atoms with E-state index in [1.165, 1.54) is 17.2 Å². The lowest BCUT2D eigenvalue weighted by molar-refractivity contribution is 0.0521. The van der Waals surface area contributed by atoms with Gasteiger partial charge in [-0.1, -0.05) is 24.3 Å². The molecule has 4 rings (SSSR count). The van der Waals surface area contributed by atoms with Gasteiger partial charge in [-0.2, -0.15) is 0 Å². The summed E-state index contributed by atoms with van der Waals surface area (Å²) in [5.41, 5.74) is 2.66. The van der Waals surface area contributed by atoms with Gasteiger partial charge in [0, 0.05) is 12.1 Å². The lowest BCUT2D eigenvalue weighted by Crippen LogP contribution is -2.48. The van der Waals surface area contributed by atoms with E-state index >= 15 is 0 Å². The largest absolute Gasteiger partial charge is 0.332 e. The van der Waals surface area contributed by atoms with E-state index in [1.807, 2.05) is 11.0 Å². The van der Waals surface area contributed by atoms with Crippen LogP contribution in [0.5, 0.6) is 0 Å². The average molecular weight is 469 g/mol. The van der Waals surface area contributed by atoms with E-state index in [-0.39, 0.29) is 22.9 Å². The molecular formula is C19H21BrN2O3S2. The van der Waals surface area contributed by atoms with E-state index in [1.54, 1.807) is 0 Å². The molecule has 2 aliphatic carbocycles. The summed E-state index contributed by atoms with van der Waals surface area (Å²) < 4.78 is 23.7. The maximum Gasteiger partial charge on any atom is 0.264 e. The van der Waals surface area contributed by atoms with Gasteiger partial charge < -0.3 is 4.90 Å². The lowest BCUT2D eigenvalue weighted by Gasteiger charge is -2.44. The van der Waals surface area contributed by atoms with Crippen LogP contribution in [0.15, 0.2) is 39.0 Å². The zero-order valence-electron chi connectivity index (χ0n) is 14.9. The zero-order chi connectivity index (χ0) is 19.3. The molecule has 1 amide bonds. The molecule has 5 nitrogen and oxygen atoms in total. The maximum atomic E-state index is 13.1. The Balaban J connectivity index is 1.53. The van der Waals surface area contributed by atoms with Crippen molar-refractivity contribution in [2.24, 2.45) is 5.14 Å². The lowest BCUT2D eigenvalue weighted by atomic mass is 9.73. The van der Waals surface area contributed by atoms with Gasteiger partial charge in [-0.15, -0.1) is 11.3 Å². The third kappa shape index (κ3) is 3.72. The van der Waals surface area contributed by atoms with Crippen molar-refractivity contribution >= 4 is 43.2 Å². The number of aryl methyl sites for hydroxylation is 1. The van der Waals surface area contributed by atoms with Crippen LogP contribution in [0.1, 0.15) is 52.4 Å². The summed E-state index contributed by atoms with van der Waals surface area (Å²) >= 11 is 4.37. The SMILES string of the molecule is Cc1ccccc1C1CC(N(C(=O)c2cc(S(N)(=O)=O)c(Br)s2)C2CC2)C1. The molecule has 2 N–H and O–H groups in total. The molecule has 2 fully saturated rings. The van der Waals surface area contributed by atoms with E-state index < -0.39 is 10.0 Å². The molecule has 0 saturated heterocycles. The van der Waals surface area contributed by atoms with Crippen LogP contribution in [-0.4, -0.2) is 31.3 Å². The van der Waals surface area contributed by atoms with Gasteiger partial charge in [0.05, 0.1) is 8.66 Å². The van der Waals surface area contributed by atoms with Crippen LogP contribution >= 0.6 is 27.3 Å². The van der Waals surface area contributed by atoms with Gasteiger partial charge in [0.15, 0.2) is 0 Å². The summed E-state index contributed by atoms with van der Waals surface area (Å²) in [5.74, 6) is 0.409. The molecule has 1 aromatic heterocycles. The molecule has 144 valence electrons. The topological polar surface area (TPSA) is 80.5 Å². The Hall–Kier alpha value is -1.22. The highest BCUT2D eigenvalue weighted by Gasteiger charge is 2.44. The van der Waals surface area contributed by atoms with Gasteiger partial charge in [0.1, 0.15) is 4.90 Å². The van der Waals surface area contributed by atoms with Crippen molar-refractivity contribution in [1.29, 1.82) is 0 Å². The Bertz CT molecular complexity index is 992. The second-order valence-electron chi connectivity index (χ2n) is 7.42. The number of carbonyl (C=O) groups is 1. The first-order valence-corrected chi connectivity index (χ1v) is 12.1. The minimum Gasteiger partial charge on any atom is -0.332 e. The summed E-state index contributed by atoms with van der Waals surface area (Å²) in [6, 6.07) is 10.3. The van der Waals surface area contributed by atoms with Crippen molar-refractivity contribution < 1.29 is 13.2 Å². The normalized spacial score (nSPS) is 22.3. The molecule has 0 bridgehead atoms. The summed E-state index contributed by atoms with van der Waals surface area (Å²) in [5, 5.41) is 5.24. The number of nitrogens with zero attached hydrogens (tertiary/aromatic N) is 1. The second kappa shape index (κ2) is 6.99. The smallest absolute Gasteiger partial charge is 0.264 e. The summed E-state index contributed by atoms with van der Waals surface area (Å²) in [4.78, 5) is 15.5. The fourth-order valence-corrected chi connectivity index (χ4v) is 6.97. The van der Waals surface area contributed by atoms with Crippen molar-refractivity contribution in [3.05, 3.63) is 50.1 Å². The minimum absolute atomic E-state index is 0.0157. The first-order valence-electron chi connectivity index (χ1n) is 8.96. The standard InChI is InChI=1S/C19H21BrN2O3S2/c1-11-4-2-3-5-15(11)12-8-14(9-12)22(13-6-7-13)19(23)16-10-17(18(20)26-16)27(21,24)25/h2-5,10,12-14H,6-9H2,1H3,(H2,21,24,25). The molecule has 2 aliphatic rings. The maximum absolute atomic E-state index is 13.1. The van der Waals surface area contributed by atoms with E-state index in [0.29, 0.717) is 14.6 Å². The Labute approximate surface area is 171 Å². The molecular weight excluding hydrogens is 448 g/mol. The summed E-state index contributed by atoms with van der Waals surface area (Å²) in [6.45, 7) is 2.13. The van der Waals surface area contributed by atoms with Crippen LogP contribution in [0.2, 0.25) is 0 Å². The van der Waals surface area contributed by atoms with Crippen molar-refractivity contribution in [2.75, 3.05) is 0 Å². The Morgan fingerprint density at radius 3 is 2.44 bits per heavy atom. The van der Waals surface area contributed by atoms with Crippen LogP contribution in [0.3, 0.4) is 0 Å². The molecule has 0 spiro atoms. The molecule has 0 radical (unpaired) electrons. The molecule has 8 heteroatoms. The van der Waals surface area contributed by atoms with Crippen molar-refractivity contribution in [3.63, 3.8) is 0 Å². The van der Waals surface area contributed by atoms with Crippen molar-refractivity contribution in [2.45, 2.75) is 55.5 Å². The van der Waals surface area contributed by atoms with Gasteiger partial charge in [0.25, 0.3) is 5.91 Å². The zero-order valence-corrected chi connectivity index (χ0v) is 18.1. The molecule has 0 aliphatic heterocycles. The molecule has 0 unspecified atom stereocenters. The Morgan fingerprint density at radius 1 is 1.22 bits per heavy atom. The van der Waals surface area contributed by atoms with Crippen LogP contribution in [0.4, 0.5) is 0 Å². The number of thiophene rings is 1. The van der Waals surface area contributed by atoms with Crippen LogP contribution < -0.4 is 5.14 Å². The number of rotatable bonds is 5. The third-order valence-corrected chi connectivity index (χ3v) is 8.63. The number of carbonyl (C=O) groups excluding carboxylic acids is 1. The molecule has 0 atom stereocenters. The minimum atomic E-state index is -3.85. The predicted molar refractivity (Wildman–Crippen MR) is 110 cm³/mol. The van der Waals surface area contributed by atoms with E-state index in [2.05, 4.69) is 41.1 Å². The van der Waals surface area contributed by atoms with E-state index in [9.17, 15) is 13.2 Å². The number of primary sulfonamides is 1. The number of halogens is 1. The van der Waals surface area contributed by atoms with Gasteiger partial charge in [-0.05, 0) is 71.6 Å². The third-order valence-electron chi connectivity index (χ3n) is 5.48. The van der Waals surface area contributed by atoms with Crippen molar-refractivity contribution in [3.8, 4) is 0 Å². The van der Waals surface area contributed by atoms with E-state index in [4.69, 9.17) is 5.14 Å². The molecule has 1 heterocycles. The number of nitrogens with two attached hydrogens (primary N) is 1. The number of benzene rings is 1. The monoisotopic (exact) mass is 468 g/mol. The highest BCUT2D eigenvalue weighted by atomic mass is 79.9. The molecule has 1 aromatic carbocycles. The first-order chi connectivity index (χ1) is 12.8. The Kier molecular flexibility index (Phi) is 4.95. The number of sulfonamides is 1. The quantitative estimate of drug-likeness (QED) is 0.719. The molecule has 2 aromatic rings. The van der Waals surface area contributed by atoms with Gasteiger partial charge in [-0.25, -0.2) is 13.6 Å². The molecule has 2 saturated carbocycles. The fourth-order valence-electron chi connectivity index (χ4n) is 3.87. The number of hydrogen-bond donors (Lipinski definition) is 1. The number of amides is 1. The van der Waals surface area contributed by atoms with Crippen molar-refractivity contribution in [1.82, 2.24) is 4.90 Å². The molecule has 27 heavy (non-hydrogen) atoms. The average Bonchev–Trinajstić information content (AvgIpc) is 3.30. The first kappa shape index (κ1) is 19.1. The fraction of sp³-hybridized carbons (Fsp3) is 0.421. The van der Waals surface area contributed by atoms with Gasteiger partial charge >= 0.3 is 0 Å². The second-order valence-corrected chi connectivity index (χ2v) is 11.3. The number of hydrogen-bond acceptors (Lipinski definition) is 4. The Morgan fingerprint density at radius 2 is 1.89 bits per heavy atom. The predicted octanol–water partition coefficient (Wildman–Crippen LogP) is 4.02. The van der Waals surface area contributed by atoms with E-state index in [0.717, 1.165) is 37.0 Å². The van der Waals surface area contributed by atoms with Crippen LogP contribution in [0.25, 0.3) is 0 Å². The van der Waals surface area contributed by atoms with Crippen LogP contribution in [-0.2, 0) is 10.0 Å². The highest BCUT2D eigenvalue weighted by molar-refractivity contribution is 9.11. The summed E-state index contributed by atoms with van der Waals surface area (Å²) in [7, 11) is -3.85. The summed E-state index contributed by atoms with van der Waals surface area (Å²) in [6.07, 6.45) is 3.96. The highest BCUT2D eigenvalue weighted by Crippen LogP contribution is 2.45. The van der Waals surface area contributed by atoms with Crippen LogP contribution in [0, 0.1) is 6.92 Å².